The van der Waals surface area contributed by atoms with Crippen LogP contribution in [0, 0.1) is 17.7 Å². The van der Waals surface area contributed by atoms with Gasteiger partial charge in [0, 0.05) is 24.5 Å². The quantitative estimate of drug-likeness (QED) is 0.532. The lowest BCUT2D eigenvalue weighted by Gasteiger charge is -2.36. The minimum atomic E-state index is -4.15. The molecule has 1 aliphatic carbocycles. The van der Waals surface area contributed by atoms with E-state index in [4.69, 9.17) is 9.47 Å². The second-order valence-electron chi connectivity index (χ2n) is 9.25. The highest BCUT2D eigenvalue weighted by Crippen LogP contribution is 2.39. The monoisotopic (exact) mass is 482 g/mol. The third kappa shape index (κ3) is 6.28. The molecule has 1 aromatic carbocycles. The number of alkyl halides is 3. The van der Waals surface area contributed by atoms with Crippen molar-refractivity contribution in [3.63, 3.8) is 0 Å². The van der Waals surface area contributed by atoms with Gasteiger partial charge in [-0.25, -0.2) is 4.98 Å². The van der Waals surface area contributed by atoms with Crippen LogP contribution in [0.2, 0.25) is 0 Å². The topological polar surface area (TPSA) is 59.5 Å². The van der Waals surface area contributed by atoms with Crippen LogP contribution >= 0.6 is 0 Å². The van der Waals surface area contributed by atoms with E-state index in [1.165, 1.54) is 0 Å². The molecule has 34 heavy (non-hydrogen) atoms. The lowest BCUT2D eigenvalue weighted by molar-refractivity contribution is -0.184. The molecule has 1 N–H and O–H groups in total. The third-order valence-electron chi connectivity index (χ3n) is 6.39. The molecule has 186 valence electrons. The Kier molecular flexibility index (Phi) is 7.45. The van der Waals surface area contributed by atoms with E-state index in [2.05, 4.69) is 34.0 Å². The Bertz CT molecular complexity index is 939. The van der Waals surface area contributed by atoms with E-state index in [0.717, 1.165) is 30.7 Å². The van der Waals surface area contributed by atoms with Crippen LogP contribution in [0.25, 0.3) is 0 Å². The average molecular weight is 483 g/mol. The van der Waals surface area contributed by atoms with E-state index >= 15 is 0 Å². The molecule has 2 atom stereocenters. The fourth-order valence-corrected chi connectivity index (χ4v) is 4.64. The molecule has 6 nitrogen and oxygen atoms in total. The lowest BCUT2D eigenvalue weighted by Crippen LogP contribution is -2.45. The SMILES string of the molecule is C[C@@H]1CN(c2ccc(Nc3ncc(F)c(OCC4CCC(C(F)(F)F)CC4)n3)cc2)C[C@H](C)O1. The summed E-state index contributed by atoms with van der Waals surface area (Å²) in [6.45, 7) is 5.87. The van der Waals surface area contributed by atoms with Gasteiger partial charge in [0.15, 0.2) is 0 Å². The Morgan fingerprint density at radius 2 is 1.71 bits per heavy atom. The molecule has 10 heteroatoms. The average Bonchev–Trinajstić information content (AvgIpc) is 2.79. The number of hydrogen-bond donors (Lipinski definition) is 1. The van der Waals surface area contributed by atoms with Crippen molar-refractivity contribution in [1.29, 1.82) is 0 Å². The molecule has 1 aromatic heterocycles. The number of nitrogens with one attached hydrogen (secondary N) is 1. The Labute approximate surface area is 196 Å². The smallest absolute Gasteiger partial charge is 0.391 e. The minimum absolute atomic E-state index is 0.0532. The molecule has 4 rings (SSSR count). The number of hydrogen-bond acceptors (Lipinski definition) is 6. The van der Waals surface area contributed by atoms with E-state index in [-0.39, 0.29) is 49.4 Å². The predicted octanol–water partition coefficient (Wildman–Crippen LogP) is 5.72. The molecular weight excluding hydrogens is 452 g/mol. The van der Waals surface area contributed by atoms with Gasteiger partial charge >= 0.3 is 6.18 Å². The molecule has 1 saturated carbocycles. The van der Waals surface area contributed by atoms with Crippen molar-refractivity contribution in [2.75, 3.05) is 29.9 Å². The van der Waals surface area contributed by atoms with Gasteiger partial charge in [0.05, 0.1) is 30.9 Å². The Hall–Kier alpha value is -2.62. The van der Waals surface area contributed by atoms with E-state index in [1.807, 2.05) is 24.3 Å². The van der Waals surface area contributed by atoms with E-state index < -0.39 is 17.9 Å². The summed E-state index contributed by atoms with van der Waals surface area (Å²) in [5.74, 6) is -2.04. The molecule has 0 radical (unpaired) electrons. The zero-order chi connectivity index (χ0) is 24.3. The van der Waals surface area contributed by atoms with Crippen molar-refractivity contribution in [2.45, 2.75) is 57.9 Å². The third-order valence-corrected chi connectivity index (χ3v) is 6.39. The molecule has 2 aromatic rings. The first-order valence-electron chi connectivity index (χ1n) is 11.7. The van der Waals surface area contributed by atoms with Crippen LogP contribution in [0.15, 0.2) is 30.5 Å². The highest BCUT2D eigenvalue weighted by atomic mass is 19.4. The number of aromatic nitrogens is 2. The Morgan fingerprint density at radius 1 is 1.06 bits per heavy atom. The second-order valence-corrected chi connectivity index (χ2v) is 9.25. The molecule has 0 bridgehead atoms. The molecular formula is C24H30F4N4O2. The van der Waals surface area contributed by atoms with Crippen LogP contribution in [0.3, 0.4) is 0 Å². The molecule has 0 spiro atoms. The van der Waals surface area contributed by atoms with Gasteiger partial charge in [0.2, 0.25) is 11.8 Å². The molecule has 2 fully saturated rings. The minimum Gasteiger partial charge on any atom is -0.475 e. The summed E-state index contributed by atoms with van der Waals surface area (Å²) in [7, 11) is 0. The van der Waals surface area contributed by atoms with Crippen molar-refractivity contribution in [3.8, 4) is 5.88 Å². The molecule has 0 unspecified atom stereocenters. The maximum absolute atomic E-state index is 14.2. The summed E-state index contributed by atoms with van der Waals surface area (Å²) in [4.78, 5) is 10.3. The van der Waals surface area contributed by atoms with Crippen molar-refractivity contribution in [2.24, 2.45) is 11.8 Å². The molecule has 2 aliphatic rings. The van der Waals surface area contributed by atoms with Crippen molar-refractivity contribution in [3.05, 3.63) is 36.3 Å². The fraction of sp³-hybridized carbons (Fsp3) is 0.583. The van der Waals surface area contributed by atoms with Crippen molar-refractivity contribution in [1.82, 2.24) is 9.97 Å². The van der Waals surface area contributed by atoms with Gasteiger partial charge in [0.25, 0.3) is 5.88 Å². The first-order chi connectivity index (χ1) is 16.2. The van der Waals surface area contributed by atoms with Gasteiger partial charge in [-0.2, -0.15) is 22.5 Å². The highest BCUT2D eigenvalue weighted by Gasteiger charge is 2.41. The number of rotatable bonds is 6. The van der Waals surface area contributed by atoms with Gasteiger partial charge in [-0.05, 0) is 69.7 Å². The van der Waals surface area contributed by atoms with Crippen molar-refractivity contribution >= 4 is 17.3 Å². The number of ether oxygens (including phenoxy) is 2. The molecule has 1 aliphatic heterocycles. The Balaban J connectivity index is 1.32. The first-order valence-corrected chi connectivity index (χ1v) is 11.7. The maximum atomic E-state index is 14.2. The van der Waals surface area contributed by atoms with Crippen LogP contribution in [-0.2, 0) is 4.74 Å². The van der Waals surface area contributed by atoms with Gasteiger partial charge in [-0.1, -0.05) is 0 Å². The number of halogens is 4. The summed E-state index contributed by atoms with van der Waals surface area (Å²) in [6, 6.07) is 7.77. The van der Waals surface area contributed by atoms with Crippen LogP contribution in [0.4, 0.5) is 34.9 Å². The summed E-state index contributed by atoms with van der Waals surface area (Å²) >= 11 is 0. The summed E-state index contributed by atoms with van der Waals surface area (Å²) in [6.07, 6.45) is -1.86. The van der Waals surface area contributed by atoms with Gasteiger partial charge < -0.3 is 19.7 Å². The predicted molar refractivity (Wildman–Crippen MR) is 121 cm³/mol. The van der Waals surface area contributed by atoms with E-state index in [9.17, 15) is 17.6 Å². The summed E-state index contributed by atoms with van der Waals surface area (Å²) < 4.78 is 64.0. The zero-order valence-corrected chi connectivity index (χ0v) is 19.3. The van der Waals surface area contributed by atoms with Crippen LogP contribution in [0.1, 0.15) is 39.5 Å². The summed E-state index contributed by atoms with van der Waals surface area (Å²) in [5.41, 5.74) is 1.82. The number of anilines is 3. The van der Waals surface area contributed by atoms with Crippen molar-refractivity contribution < 1.29 is 27.0 Å². The first kappa shape index (κ1) is 24.5. The van der Waals surface area contributed by atoms with Crippen LogP contribution < -0.4 is 15.0 Å². The van der Waals surface area contributed by atoms with Gasteiger partial charge in [-0.15, -0.1) is 0 Å². The summed E-state index contributed by atoms with van der Waals surface area (Å²) in [5, 5.41) is 3.04. The van der Waals surface area contributed by atoms with E-state index in [0.29, 0.717) is 12.8 Å². The maximum Gasteiger partial charge on any atom is 0.391 e. The van der Waals surface area contributed by atoms with E-state index in [1.54, 1.807) is 0 Å². The Morgan fingerprint density at radius 3 is 2.32 bits per heavy atom. The lowest BCUT2D eigenvalue weighted by atomic mass is 9.82. The zero-order valence-electron chi connectivity index (χ0n) is 19.3. The van der Waals surface area contributed by atoms with Gasteiger partial charge in [-0.3, -0.25) is 0 Å². The largest absolute Gasteiger partial charge is 0.475 e. The highest BCUT2D eigenvalue weighted by molar-refractivity contribution is 5.59. The molecule has 2 heterocycles. The number of nitrogens with zero attached hydrogens (tertiary/aromatic N) is 3. The van der Waals surface area contributed by atoms with Crippen LogP contribution in [-0.4, -0.2) is 48.0 Å². The molecule has 1 saturated heterocycles. The van der Waals surface area contributed by atoms with Crippen LogP contribution in [0.5, 0.6) is 5.88 Å². The van der Waals surface area contributed by atoms with Gasteiger partial charge in [0.1, 0.15) is 0 Å². The normalized spacial score (nSPS) is 25.8. The second kappa shape index (κ2) is 10.3. The molecule has 0 amide bonds. The standard InChI is InChI=1S/C24H30F4N4O2/c1-15-12-32(13-16(2)34-15)20-9-7-19(8-10-20)30-23-29-11-21(25)22(31-23)33-14-17-3-5-18(6-4-17)24(26,27)28/h7-11,15-18H,3-6,12-14H2,1-2H3,(H,29,30,31)/t15-,16+,17?,18?. The number of morpholine rings is 1. The number of benzene rings is 1. The fourth-order valence-electron chi connectivity index (χ4n) is 4.64.